The molecule has 0 aliphatic rings. The number of fused-ring (bicyclic) bond motifs is 3. The monoisotopic (exact) mass is 721 g/mol. The molecule has 2 heterocycles. The summed E-state index contributed by atoms with van der Waals surface area (Å²) in [6.45, 7) is 1.58. The van der Waals surface area contributed by atoms with Gasteiger partial charge in [-0.3, -0.25) is 9.97 Å². The van der Waals surface area contributed by atoms with Gasteiger partial charge in [0, 0.05) is 79.2 Å². The Morgan fingerprint density at radius 1 is 0.706 bits per heavy atom. The molecule has 0 aliphatic heterocycles. The number of pyridine rings is 2. The number of hydrogen-bond acceptors (Lipinski definition) is 3. The Labute approximate surface area is 240 Å². The summed E-state index contributed by atoms with van der Waals surface area (Å²) in [6, 6.07) is 32.7. The van der Waals surface area contributed by atoms with Crippen molar-refractivity contribution in [2.24, 2.45) is 0 Å². The zero-order chi connectivity index (χ0) is 22.2. The van der Waals surface area contributed by atoms with E-state index in [4.69, 9.17) is 12.2 Å². The second kappa shape index (κ2) is 14.5. The summed E-state index contributed by atoms with van der Waals surface area (Å²) in [5.41, 5.74) is 4.51. The Morgan fingerprint density at radius 2 is 1.26 bits per heavy atom. The Kier molecular flexibility index (Phi) is 12.1. The third-order valence-corrected chi connectivity index (χ3v) is 5.60. The van der Waals surface area contributed by atoms with E-state index in [1.165, 1.54) is 11.1 Å². The summed E-state index contributed by atoms with van der Waals surface area (Å²) < 4.78 is 0.628. The number of thiol groups is 1. The fourth-order valence-corrected chi connectivity index (χ4v) is 3.77. The molecule has 5 aromatic rings. The molecule has 0 atom stereocenters. The molecule has 5 rings (SSSR count). The summed E-state index contributed by atoms with van der Waals surface area (Å²) in [5.74, 6) is 0. The number of benzene rings is 3. The number of nitrogens with zero attached hydrogens (tertiary/aromatic N) is 3. The summed E-state index contributed by atoms with van der Waals surface area (Å²) in [7, 11) is 0. The molecule has 4 radical (unpaired) electrons. The second-order valence-electron chi connectivity index (χ2n) is 7.32. The van der Waals surface area contributed by atoms with E-state index in [9.17, 15) is 0 Å². The van der Waals surface area contributed by atoms with Crippen molar-refractivity contribution in [3.05, 3.63) is 121 Å². The van der Waals surface area contributed by atoms with Gasteiger partial charge < -0.3 is 4.90 Å². The van der Waals surface area contributed by atoms with Crippen molar-refractivity contribution in [1.29, 1.82) is 0 Å². The average Bonchev–Trinajstić information content (AvgIpc) is 2.85. The predicted molar refractivity (Wildman–Crippen MR) is 147 cm³/mol. The van der Waals surface area contributed by atoms with Gasteiger partial charge in [0.05, 0.1) is 11.0 Å². The Hall–Kier alpha value is -1.89. The van der Waals surface area contributed by atoms with Crippen LogP contribution in [0.4, 0.5) is 0 Å². The average molecular weight is 722 g/mol. The van der Waals surface area contributed by atoms with Gasteiger partial charge in [-0.25, -0.2) is 0 Å². The first kappa shape index (κ1) is 28.3. The van der Waals surface area contributed by atoms with Gasteiger partial charge in [-0.1, -0.05) is 85.0 Å². The van der Waals surface area contributed by atoms with E-state index in [-0.39, 0.29) is 43.0 Å². The number of thiocarbonyl (C=S) groups is 1. The molecule has 172 valence electrons. The molecule has 3 nitrogen and oxygen atoms in total. The molecule has 3 aromatic carbocycles. The van der Waals surface area contributed by atoms with E-state index in [1.807, 2.05) is 60.8 Å². The molecular formula is C27H23BiCoN3S2. The maximum atomic E-state index is 5.21. The van der Waals surface area contributed by atoms with Crippen LogP contribution in [0.15, 0.2) is 109 Å². The first-order valence-electron chi connectivity index (χ1n) is 10.3. The van der Waals surface area contributed by atoms with Crippen LogP contribution in [0, 0.1) is 0 Å². The molecule has 0 N–H and O–H groups in total. The van der Waals surface area contributed by atoms with Crippen LogP contribution < -0.4 is 0 Å². The molecule has 0 saturated carbocycles. The largest absolute Gasteiger partial charge is 0.349 e. The first-order chi connectivity index (χ1) is 15.7. The van der Waals surface area contributed by atoms with Gasteiger partial charge in [0.25, 0.3) is 0 Å². The summed E-state index contributed by atoms with van der Waals surface area (Å²) in [4.78, 5) is 10.7. The van der Waals surface area contributed by atoms with Crippen molar-refractivity contribution in [1.82, 2.24) is 14.9 Å². The van der Waals surface area contributed by atoms with E-state index < -0.39 is 0 Å². The van der Waals surface area contributed by atoms with Gasteiger partial charge in [0.2, 0.25) is 0 Å². The second-order valence-corrected chi connectivity index (χ2v) is 8.43. The summed E-state index contributed by atoms with van der Waals surface area (Å²) in [5, 5.41) is 2.28. The topological polar surface area (TPSA) is 29.0 Å². The van der Waals surface area contributed by atoms with Crippen molar-refractivity contribution in [3.8, 4) is 0 Å². The van der Waals surface area contributed by atoms with Gasteiger partial charge in [-0.2, -0.15) is 0 Å². The molecule has 0 fully saturated rings. The van der Waals surface area contributed by atoms with Gasteiger partial charge in [0.15, 0.2) is 0 Å². The van der Waals surface area contributed by atoms with E-state index in [1.54, 1.807) is 6.20 Å². The fourth-order valence-electron chi connectivity index (χ4n) is 3.50. The third kappa shape index (κ3) is 7.82. The van der Waals surface area contributed by atoms with Crippen LogP contribution in [0.3, 0.4) is 0 Å². The van der Waals surface area contributed by atoms with Crippen molar-refractivity contribution in [3.63, 3.8) is 0 Å². The van der Waals surface area contributed by atoms with Crippen LogP contribution in [0.5, 0.6) is 0 Å². The Morgan fingerprint density at radius 3 is 1.85 bits per heavy atom. The van der Waals surface area contributed by atoms with Gasteiger partial charge in [0.1, 0.15) is 4.32 Å². The molecule has 0 bridgehead atoms. The number of hydrogen-bond donors (Lipinski definition) is 1. The van der Waals surface area contributed by atoms with Crippen LogP contribution in [0.2, 0.25) is 0 Å². The molecule has 7 heteroatoms. The fraction of sp³-hybridized carbons (Fsp3) is 0.0741. The van der Waals surface area contributed by atoms with Crippen molar-refractivity contribution in [2.45, 2.75) is 13.1 Å². The molecule has 0 aliphatic carbocycles. The van der Waals surface area contributed by atoms with E-state index in [0.717, 1.165) is 34.9 Å². The van der Waals surface area contributed by atoms with E-state index in [2.05, 4.69) is 70.0 Å². The summed E-state index contributed by atoms with van der Waals surface area (Å²) >= 11 is 9.52. The predicted octanol–water partition coefficient (Wildman–Crippen LogP) is 6.30. The minimum absolute atomic E-state index is 0. The Balaban J connectivity index is 0.000000232. The molecule has 0 saturated heterocycles. The maximum absolute atomic E-state index is 5.21. The molecule has 0 amide bonds. The maximum Gasteiger partial charge on any atom is 0.133 e. The Bertz CT molecular complexity index is 1220. The normalized spacial score (nSPS) is 9.79. The van der Waals surface area contributed by atoms with Gasteiger partial charge >= 0.3 is 0 Å². The SMILES string of the molecule is S=C(S)N(Cc1ccccc1)Cc1ccccc1.[Bi].[Co].c1cnc2c(c1)ccc1ncccc12. The van der Waals surface area contributed by atoms with Crippen LogP contribution >= 0.6 is 24.8 Å². The quantitative estimate of drug-likeness (QED) is 0.102. The van der Waals surface area contributed by atoms with E-state index in [0.29, 0.717) is 4.32 Å². The first-order valence-corrected chi connectivity index (χ1v) is 11.2. The van der Waals surface area contributed by atoms with Gasteiger partial charge in [-0.15, -0.1) is 12.6 Å². The van der Waals surface area contributed by atoms with Crippen LogP contribution in [-0.4, -0.2) is 45.4 Å². The van der Waals surface area contributed by atoms with Crippen molar-refractivity contribution >= 4 is 77.2 Å². The minimum Gasteiger partial charge on any atom is -0.349 e. The number of rotatable bonds is 4. The molecule has 0 unspecified atom stereocenters. The zero-order valence-corrected chi connectivity index (χ0v) is 24.5. The molecular weight excluding hydrogens is 698 g/mol. The third-order valence-electron chi connectivity index (χ3n) is 5.06. The zero-order valence-electron chi connectivity index (χ0n) is 18.3. The smallest absolute Gasteiger partial charge is 0.133 e. The van der Waals surface area contributed by atoms with Crippen LogP contribution in [-0.2, 0) is 29.9 Å². The van der Waals surface area contributed by atoms with Crippen molar-refractivity contribution < 1.29 is 16.8 Å². The summed E-state index contributed by atoms with van der Waals surface area (Å²) in [6.07, 6.45) is 3.62. The van der Waals surface area contributed by atoms with Crippen LogP contribution in [0.1, 0.15) is 11.1 Å². The molecule has 0 spiro atoms. The van der Waals surface area contributed by atoms with Crippen LogP contribution in [0.25, 0.3) is 21.8 Å². The van der Waals surface area contributed by atoms with E-state index >= 15 is 0 Å². The van der Waals surface area contributed by atoms with Gasteiger partial charge in [-0.05, 0) is 35.4 Å². The standard InChI is InChI=1S/C15H15NS2.C12H8N2.Bi.Co/c17-15(18)16(11-13-7-3-1-4-8-13)12-14-9-5-2-6-10-14;1-3-9-5-6-11-10(4-2-7-13-11)12(9)14-8-1;;/h1-10H,11-12H2,(H,17,18);1-8H;;. The minimum atomic E-state index is 0. The molecule has 34 heavy (non-hydrogen) atoms. The number of aromatic nitrogens is 2. The van der Waals surface area contributed by atoms with Crippen molar-refractivity contribution in [2.75, 3.05) is 0 Å². The molecule has 2 aromatic heterocycles.